The number of nitrogens with one attached hydrogen (secondary N) is 2. The van der Waals surface area contributed by atoms with Crippen LogP contribution in [-0.2, 0) is 14.8 Å². The summed E-state index contributed by atoms with van der Waals surface area (Å²) in [5.74, 6) is -0.0212. The van der Waals surface area contributed by atoms with Gasteiger partial charge in [0.1, 0.15) is 0 Å². The lowest BCUT2D eigenvalue weighted by Crippen LogP contribution is -2.26. The minimum absolute atomic E-state index is 0. The average molecular weight is 378 g/mol. The van der Waals surface area contributed by atoms with Gasteiger partial charge in [-0.05, 0) is 51.1 Å². The number of amides is 1. The molecule has 0 bridgehead atoms. The van der Waals surface area contributed by atoms with Crippen LogP contribution in [0.3, 0.4) is 0 Å². The fourth-order valence-electron chi connectivity index (χ4n) is 2.25. The van der Waals surface area contributed by atoms with Gasteiger partial charge in [-0.3, -0.25) is 4.79 Å². The first kappa shape index (κ1) is 22.9. The van der Waals surface area contributed by atoms with Crippen molar-refractivity contribution in [3.8, 4) is 0 Å². The third kappa shape index (κ3) is 7.61. The van der Waals surface area contributed by atoms with Crippen molar-refractivity contribution in [2.75, 3.05) is 13.6 Å². The lowest BCUT2D eigenvalue weighted by molar-refractivity contribution is -0.121. The minimum atomic E-state index is -3.48. The van der Waals surface area contributed by atoms with Crippen molar-refractivity contribution < 1.29 is 13.2 Å². The van der Waals surface area contributed by atoms with E-state index in [0.29, 0.717) is 13.0 Å². The van der Waals surface area contributed by atoms with E-state index in [9.17, 15) is 13.2 Å². The first-order valence-corrected chi connectivity index (χ1v) is 9.42. The highest BCUT2D eigenvalue weighted by Gasteiger charge is 2.15. The Balaban J connectivity index is 0.00000529. The molecule has 0 heterocycles. The molecule has 0 aliphatic heterocycles. The van der Waals surface area contributed by atoms with Crippen LogP contribution in [0.2, 0.25) is 0 Å². The Morgan fingerprint density at radius 1 is 1.21 bits per heavy atom. The molecule has 0 saturated heterocycles. The van der Waals surface area contributed by atoms with Crippen LogP contribution in [0.1, 0.15) is 50.6 Å². The Kier molecular flexibility index (Phi) is 10.9. The summed E-state index contributed by atoms with van der Waals surface area (Å²) in [5, 5.41) is 2.90. The molecule has 0 aliphatic rings. The van der Waals surface area contributed by atoms with Crippen LogP contribution < -0.4 is 15.8 Å². The molecule has 0 fully saturated rings. The number of halogens is 1. The number of hydrogen-bond acceptors (Lipinski definition) is 4. The first-order chi connectivity index (χ1) is 10.9. The SMILES string of the molecule is CNS(=O)(=O)c1cccc(C(C)NC(=O)CCCCCCN)c1.Cl. The molecule has 8 heteroatoms. The predicted octanol–water partition coefficient (Wildman–Crippen LogP) is 2.10. The number of unbranched alkanes of at least 4 members (excludes halogenated alkanes) is 3. The maximum absolute atomic E-state index is 11.9. The Hall–Kier alpha value is -1.15. The van der Waals surface area contributed by atoms with Gasteiger partial charge in [0.2, 0.25) is 15.9 Å². The fraction of sp³-hybridized carbons (Fsp3) is 0.562. The molecule has 24 heavy (non-hydrogen) atoms. The Labute approximate surface area is 151 Å². The normalized spacial score (nSPS) is 12.3. The van der Waals surface area contributed by atoms with Crippen molar-refractivity contribution in [2.24, 2.45) is 5.73 Å². The van der Waals surface area contributed by atoms with Crippen molar-refractivity contribution in [1.82, 2.24) is 10.0 Å². The zero-order chi connectivity index (χ0) is 17.3. The van der Waals surface area contributed by atoms with E-state index in [-0.39, 0.29) is 29.3 Å². The molecule has 1 aromatic carbocycles. The minimum Gasteiger partial charge on any atom is -0.350 e. The molecule has 4 N–H and O–H groups in total. The number of sulfonamides is 1. The van der Waals surface area contributed by atoms with Crippen LogP contribution in [-0.4, -0.2) is 27.9 Å². The third-order valence-corrected chi connectivity index (χ3v) is 5.08. The molecule has 0 aromatic heterocycles. The summed E-state index contributed by atoms with van der Waals surface area (Å²) in [6, 6.07) is 6.36. The number of carbonyl (C=O) groups excluding carboxylic acids is 1. The van der Waals surface area contributed by atoms with Gasteiger partial charge in [0.05, 0.1) is 10.9 Å². The van der Waals surface area contributed by atoms with Crippen LogP contribution in [0, 0.1) is 0 Å². The van der Waals surface area contributed by atoms with Crippen LogP contribution in [0.25, 0.3) is 0 Å². The summed E-state index contributed by atoms with van der Waals surface area (Å²) in [5.41, 5.74) is 6.19. The van der Waals surface area contributed by atoms with Gasteiger partial charge in [0.15, 0.2) is 0 Å². The lowest BCUT2D eigenvalue weighted by Gasteiger charge is -2.15. The molecular formula is C16H28ClN3O3S. The van der Waals surface area contributed by atoms with Gasteiger partial charge in [-0.1, -0.05) is 25.0 Å². The maximum Gasteiger partial charge on any atom is 0.240 e. The van der Waals surface area contributed by atoms with Crippen molar-refractivity contribution in [1.29, 1.82) is 0 Å². The van der Waals surface area contributed by atoms with Gasteiger partial charge >= 0.3 is 0 Å². The number of hydrogen-bond donors (Lipinski definition) is 3. The van der Waals surface area contributed by atoms with Crippen LogP contribution >= 0.6 is 12.4 Å². The smallest absolute Gasteiger partial charge is 0.240 e. The standard InChI is InChI=1S/C16H27N3O3S.ClH/c1-13(19-16(20)10-5-3-4-6-11-17)14-8-7-9-15(12-14)23(21,22)18-2;/h7-9,12-13,18H,3-6,10-11,17H2,1-2H3,(H,19,20);1H. The summed E-state index contributed by atoms with van der Waals surface area (Å²) in [7, 11) is -2.11. The Morgan fingerprint density at radius 3 is 2.50 bits per heavy atom. The second kappa shape index (κ2) is 11.4. The summed E-state index contributed by atoms with van der Waals surface area (Å²) in [6.07, 6.45) is 4.35. The quantitative estimate of drug-likeness (QED) is 0.543. The zero-order valence-corrected chi connectivity index (χ0v) is 15.9. The number of benzene rings is 1. The zero-order valence-electron chi connectivity index (χ0n) is 14.2. The highest BCUT2D eigenvalue weighted by Crippen LogP contribution is 2.17. The van der Waals surface area contributed by atoms with Crippen molar-refractivity contribution in [2.45, 2.75) is 50.0 Å². The molecule has 0 saturated carbocycles. The van der Waals surface area contributed by atoms with Gasteiger partial charge in [-0.2, -0.15) is 0 Å². The molecule has 1 unspecified atom stereocenters. The lowest BCUT2D eigenvalue weighted by atomic mass is 10.1. The molecule has 0 aliphatic carbocycles. The van der Waals surface area contributed by atoms with E-state index >= 15 is 0 Å². The number of rotatable bonds is 10. The molecule has 1 rings (SSSR count). The second-order valence-electron chi connectivity index (χ2n) is 5.52. The van der Waals surface area contributed by atoms with E-state index in [1.165, 1.54) is 13.1 Å². The van der Waals surface area contributed by atoms with Crippen LogP contribution in [0.5, 0.6) is 0 Å². The third-order valence-electron chi connectivity index (χ3n) is 3.67. The summed E-state index contributed by atoms with van der Waals surface area (Å²) >= 11 is 0. The Morgan fingerprint density at radius 2 is 1.88 bits per heavy atom. The van der Waals surface area contributed by atoms with Crippen molar-refractivity contribution in [3.05, 3.63) is 29.8 Å². The van der Waals surface area contributed by atoms with Crippen molar-refractivity contribution >= 4 is 28.3 Å². The van der Waals surface area contributed by atoms with Gasteiger partial charge < -0.3 is 11.1 Å². The molecule has 138 valence electrons. The van der Waals surface area contributed by atoms with Gasteiger partial charge in [-0.15, -0.1) is 12.4 Å². The molecular weight excluding hydrogens is 350 g/mol. The summed E-state index contributed by atoms with van der Waals surface area (Å²) < 4.78 is 25.9. The van der Waals surface area contributed by atoms with Gasteiger partial charge in [0.25, 0.3) is 0 Å². The van der Waals surface area contributed by atoms with Gasteiger partial charge in [0, 0.05) is 6.42 Å². The van der Waals surface area contributed by atoms with E-state index in [4.69, 9.17) is 5.73 Å². The van der Waals surface area contributed by atoms with E-state index in [2.05, 4.69) is 10.0 Å². The van der Waals surface area contributed by atoms with Crippen LogP contribution in [0.4, 0.5) is 0 Å². The highest BCUT2D eigenvalue weighted by atomic mass is 35.5. The number of nitrogens with two attached hydrogens (primary N) is 1. The summed E-state index contributed by atoms with van der Waals surface area (Å²) in [6.45, 7) is 2.53. The summed E-state index contributed by atoms with van der Waals surface area (Å²) in [4.78, 5) is 12.1. The number of carbonyl (C=O) groups is 1. The topological polar surface area (TPSA) is 101 Å². The maximum atomic E-state index is 11.9. The molecule has 0 radical (unpaired) electrons. The first-order valence-electron chi connectivity index (χ1n) is 7.93. The van der Waals surface area contributed by atoms with E-state index in [1.807, 2.05) is 6.92 Å². The highest BCUT2D eigenvalue weighted by molar-refractivity contribution is 7.89. The molecule has 1 aromatic rings. The average Bonchev–Trinajstić information content (AvgIpc) is 2.54. The molecule has 0 spiro atoms. The fourth-order valence-corrected chi connectivity index (χ4v) is 3.03. The molecule has 6 nitrogen and oxygen atoms in total. The van der Waals surface area contributed by atoms with Gasteiger partial charge in [-0.25, -0.2) is 13.1 Å². The predicted molar refractivity (Wildman–Crippen MR) is 98.6 cm³/mol. The van der Waals surface area contributed by atoms with Crippen molar-refractivity contribution in [3.63, 3.8) is 0 Å². The monoisotopic (exact) mass is 377 g/mol. The second-order valence-corrected chi connectivity index (χ2v) is 7.41. The van der Waals surface area contributed by atoms with E-state index in [1.54, 1.807) is 18.2 Å². The molecule has 1 atom stereocenters. The van der Waals surface area contributed by atoms with E-state index in [0.717, 1.165) is 31.2 Å². The van der Waals surface area contributed by atoms with Crippen LogP contribution in [0.15, 0.2) is 29.2 Å². The Bertz CT molecular complexity index is 608. The molecule has 1 amide bonds. The largest absolute Gasteiger partial charge is 0.350 e. The van der Waals surface area contributed by atoms with E-state index < -0.39 is 10.0 Å².